The number of amides is 2. The van der Waals surface area contributed by atoms with E-state index in [1.54, 1.807) is 12.1 Å². The molecule has 184 valence electrons. The van der Waals surface area contributed by atoms with Crippen molar-refractivity contribution in [3.05, 3.63) is 137 Å². The topological polar surface area (TPSA) is 55.1 Å². The van der Waals surface area contributed by atoms with Crippen LogP contribution in [0.15, 0.2) is 103 Å². The van der Waals surface area contributed by atoms with Crippen molar-refractivity contribution in [2.24, 2.45) is 0 Å². The van der Waals surface area contributed by atoms with Crippen LogP contribution in [0.3, 0.4) is 0 Å². The van der Waals surface area contributed by atoms with Gasteiger partial charge in [-0.1, -0.05) is 60.7 Å². The van der Waals surface area contributed by atoms with E-state index < -0.39 is 6.04 Å². The van der Waals surface area contributed by atoms with Crippen molar-refractivity contribution in [2.75, 3.05) is 0 Å². The van der Waals surface area contributed by atoms with Crippen molar-refractivity contribution in [1.29, 1.82) is 0 Å². The van der Waals surface area contributed by atoms with Gasteiger partial charge in [-0.3, -0.25) is 0 Å². The molecule has 0 saturated heterocycles. The first-order valence-corrected chi connectivity index (χ1v) is 12.3. The summed E-state index contributed by atoms with van der Waals surface area (Å²) < 4.78 is 17.9. The van der Waals surface area contributed by atoms with Crippen LogP contribution < -0.4 is 5.32 Å². The Balaban J connectivity index is 1.49. The molecule has 1 aliphatic heterocycles. The molecule has 5 aromatic rings. The summed E-state index contributed by atoms with van der Waals surface area (Å²) in [6.07, 6.45) is 2.00. The molecule has 0 bridgehead atoms. The summed E-state index contributed by atoms with van der Waals surface area (Å²) in [6, 6.07) is 29.5. The maximum atomic E-state index is 13.9. The normalized spacial score (nSPS) is 14.5. The van der Waals surface area contributed by atoms with Crippen molar-refractivity contribution in [2.45, 2.75) is 26.1 Å². The van der Waals surface area contributed by atoms with Gasteiger partial charge in [0, 0.05) is 18.3 Å². The lowest BCUT2D eigenvalue weighted by atomic mass is 10.0. The number of benzene rings is 3. The molecule has 0 aliphatic carbocycles. The second kappa shape index (κ2) is 9.43. The molecule has 7 heteroatoms. The minimum absolute atomic E-state index is 0.203. The van der Waals surface area contributed by atoms with Crippen LogP contribution in [0.2, 0.25) is 0 Å². The monoisotopic (exact) mass is 491 g/mol. The average molecular weight is 492 g/mol. The van der Waals surface area contributed by atoms with Crippen LogP contribution in [0.4, 0.5) is 9.18 Å². The molecule has 3 heterocycles. The van der Waals surface area contributed by atoms with Gasteiger partial charge in [-0.05, 0) is 54.4 Å². The molecule has 37 heavy (non-hydrogen) atoms. The maximum absolute atomic E-state index is 13.9. The Morgan fingerprint density at radius 3 is 2.38 bits per heavy atom. The third kappa shape index (κ3) is 4.18. The lowest BCUT2D eigenvalue weighted by Crippen LogP contribution is -2.41. The van der Waals surface area contributed by atoms with E-state index in [1.165, 1.54) is 12.1 Å². The SMILES string of the molecule is Cc1nn(-c2ccccc2)c2c1CN(C(=O)NCc1ccccc1)[C@H](c1ccc(F)cc1)c1cccn1-2. The van der Waals surface area contributed by atoms with Crippen molar-refractivity contribution in [3.8, 4) is 11.5 Å². The Bertz CT molecular complexity index is 1540. The number of hydrogen-bond acceptors (Lipinski definition) is 2. The third-order valence-electron chi connectivity index (χ3n) is 6.82. The van der Waals surface area contributed by atoms with Crippen LogP contribution in [0.5, 0.6) is 0 Å². The number of fused-ring (bicyclic) bond motifs is 3. The number of aryl methyl sites for hydroxylation is 1. The highest BCUT2D eigenvalue weighted by molar-refractivity contribution is 5.76. The highest BCUT2D eigenvalue weighted by Gasteiger charge is 2.35. The zero-order valence-electron chi connectivity index (χ0n) is 20.4. The number of halogens is 1. The van der Waals surface area contributed by atoms with Gasteiger partial charge in [-0.15, -0.1) is 0 Å². The Labute approximate surface area is 214 Å². The summed E-state index contributed by atoms with van der Waals surface area (Å²) in [4.78, 5) is 15.6. The number of rotatable bonds is 4. The summed E-state index contributed by atoms with van der Waals surface area (Å²) in [5, 5.41) is 7.96. The molecule has 6 rings (SSSR count). The summed E-state index contributed by atoms with van der Waals surface area (Å²) in [7, 11) is 0. The maximum Gasteiger partial charge on any atom is 0.318 e. The first-order chi connectivity index (χ1) is 18.1. The number of nitrogens with zero attached hydrogens (tertiary/aromatic N) is 4. The summed E-state index contributed by atoms with van der Waals surface area (Å²) in [5.41, 5.74) is 5.49. The molecule has 2 aromatic heterocycles. The zero-order valence-corrected chi connectivity index (χ0v) is 20.4. The van der Waals surface area contributed by atoms with Crippen molar-refractivity contribution in [1.82, 2.24) is 24.6 Å². The number of para-hydroxylation sites is 1. The molecule has 1 N–H and O–H groups in total. The lowest BCUT2D eigenvalue weighted by Gasteiger charge is -2.31. The third-order valence-corrected chi connectivity index (χ3v) is 6.82. The molecular formula is C30H26FN5O. The second-order valence-electron chi connectivity index (χ2n) is 9.16. The van der Waals surface area contributed by atoms with E-state index in [2.05, 4.69) is 9.88 Å². The van der Waals surface area contributed by atoms with Crippen molar-refractivity contribution >= 4 is 6.03 Å². The predicted molar refractivity (Wildman–Crippen MR) is 140 cm³/mol. The van der Waals surface area contributed by atoms with Gasteiger partial charge in [0.15, 0.2) is 0 Å². The number of hydrogen-bond donors (Lipinski definition) is 1. The Morgan fingerprint density at radius 1 is 0.946 bits per heavy atom. The van der Waals surface area contributed by atoms with E-state index in [-0.39, 0.29) is 11.8 Å². The number of nitrogens with one attached hydrogen (secondary N) is 1. The van der Waals surface area contributed by atoms with Crippen LogP contribution in [0.1, 0.15) is 34.1 Å². The molecule has 3 aromatic carbocycles. The largest absolute Gasteiger partial charge is 0.334 e. The molecule has 0 fully saturated rings. The molecule has 2 amide bonds. The first-order valence-electron chi connectivity index (χ1n) is 12.3. The van der Waals surface area contributed by atoms with Gasteiger partial charge in [0.25, 0.3) is 0 Å². The van der Waals surface area contributed by atoms with Gasteiger partial charge < -0.3 is 14.8 Å². The highest BCUT2D eigenvalue weighted by atomic mass is 19.1. The Kier molecular flexibility index (Phi) is 5.81. The molecule has 0 unspecified atom stereocenters. The zero-order chi connectivity index (χ0) is 25.4. The van der Waals surface area contributed by atoms with Crippen LogP contribution in [-0.2, 0) is 13.1 Å². The van der Waals surface area contributed by atoms with Crippen molar-refractivity contribution < 1.29 is 9.18 Å². The van der Waals surface area contributed by atoms with Gasteiger partial charge in [0.1, 0.15) is 11.6 Å². The van der Waals surface area contributed by atoms with Gasteiger partial charge in [-0.2, -0.15) is 5.10 Å². The number of aromatic nitrogens is 3. The quantitative estimate of drug-likeness (QED) is 0.339. The van der Waals surface area contributed by atoms with E-state index >= 15 is 0 Å². The highest BCUT2D eigenvalue weighted by Crippen LogP contribution is 2.38. The fraction of sp³-hybridized carbons (Fsp3) is 0.133. The fourth-order valence-corrected chi connectivity index (χ4v) is 5.02. The standard InChI is InChI=1S/C30H26FN5O/c1-21-26-20-35(30(37)32-19-22-9-4-2-5-10-22)28(23-14-16-24(31)17-15-23)27-13-8-18-34(27)29(26)36(33-21)25-11-6-3-7-12-25/h2-18,28H,19-20H2,1H3,(H,32,37)/t28-/m1/s1. The Morgan fingerprint density at radius 2 is 1.65 bits per heavy atom. The van der Waals surface area contributed by atoms with Gasteiger partial charge in [0.2, 0.25) is 0 Å². The molecule has 1 atom stereocenters. The van der Waals surface area contributed by atoms with Gasteiger partial charge in [0.05, 0.1) is 29.7 Å². The molecule has 0 saturated carbocycles. The summed E-state index contributed by atoms with van der Waals surface area (Å²) in [6.45, 7) is 2.72. The molecule has 0 spiro atoms. The van der Waals surface area contributed by atoms with Crippen LogP contribution in [-0.4, -0.2) is 25.3 Å². The van der Waals surface area contributed by atoms with E-state index in [9.17, 15) is 9.18 Å². The Hall–Kier alpha value is -4.65. The van der Waals surface area contributed by atoms with Crippen molar-refractivity contribution in [3.63, 3.8) is 0 Å². The molecular weight excluding hydrogens is 465 g/mol. The van der Waals surface area contributed by atoms with Gasteiger partial charge >= 0.3 is 6.03 Å². The average Bonchev–Trinajstić information content (AvgIpc) is 3.49. The van der Waals surface area contributed by atoms with E-state index in [1.807, 2.05) is 95.5 Å². The number of carbonyl (C=O) groups is 1. The fourth-order valence-electron chi connectivity index (χ4n) is 5.02. The number of carbonyl (C=O) groups excluding carboxylic acids is 1. The first kappa shape index (κ1) is 22.8. The van der Waals surface area contributed by atoms with E-state index in [4.69, 9.17) is 5.10 Å². The van der Waals surface area contributed by atoms with E-state index in [0.29, 0.717) is 13.1 Å². The lowest BCUT2D eigenvalue weighted by molar-refractivity contribution is 0.180. The van der Waals surface area contributed by atoms with Crippen LogP contribution in [0, 0.1) is 12.7 Å². The van der Waals surface area contributed by atoms with Crippen LogP contribution in [0.25, 0.3) is 11.5 Å². The summed E-state index contributed by atoms with van der Waals surface area (Å²) >= 11 is 0. The minimum Gasteiger partial charge on any atom is -0.334 e. The van der Waals surface area contributed by atoms with Gasteiger partial charge in [-0.25, -0.2) is 13.9 Å². The molecule has 1 aliphatic rings. The predicted octanol–water partition coefficient (Wildman–Crippen LogP) is 5.93. The minimum atomic E-state index is -0.428. The number of urea groups is 1. The molecule has 6 nitrogen and oxygen atoms in total. The summed E-state index contributed by atoms with van der Waals surface area (Å²) in [5.74, 6) is 0.584. The second-order valence-corrected chi connectivity index (χ2v) is 9.16. The molecule has 0 radical (unpaired) electrons. The van der Waals surface area contributed by atoms with Crippen LogP contribution >= 0.6 is 0 Å². The van der Waals surface area contributed by atoms with E-state index in [0.717, 1.165) is 39.6 Å². The smallest absolute Gasteiger partial charge is 0.318 e.